The van der Waals surface area contributed by atoms with Crippen molar-refractivity contribution in [3.8, 4) is 0 Å². The van der Waals surface area contributed by atoms with E-state index in [1.165, 1.54) is 5.56 Å². The standard InChI is InChI=1S/C14H20O2S2/c1-12(2)17-14(9-6-10-18(15)16-14)11-13-7-4-3-5-8-13/h3-5,7-8,12H,6,9-11H2,1-2H3. The van der Waals surface area contributed by atoms with Crippen molar-refractivity contribution < 1.29 is 8.39 Å². The Bertz CT molecular complexity index is 406. The molecule has 2 rings (SSSR count). The molecule has 0 spiro atoms. The second kappa shape index (κ2) is 6.22. The molecule has 0 aromatic heterocycles. The quantitative estimate of drug-likeness (QED) is 0.846. The minimum Gasteiger partial charge on any atom is -0.272 e. The third-order valence-corrected chi connectivity index (χ3v) is 5.45. The van der Waals surface area contributed by atoms with Crippen molar-refractivity contribution in [2.24, 2.45) is 0 Å². The highest BCUT2D eigenvalue weighted by Crippen LogP contribution is 2.41. The van der Waals surface area contributed by atoms with Gasteiger partial charge in [0.25, 0.3) is 0 Å². The lowest BCUT2D eigenvalue weighted by Gasteiger charge is -2.36. The summed E-state index contributed by atoms with van der Waals surface area (Å²) in [7, 11) is 0. The molecule has 18 heavy (non-hydrogen) atoms. The molecule has 1 aliphatic heterocycles. The van der Waals surface area contributed by atoms with Gasteiger partial charge in [0.2, 0.25) is 0 Å². The monoisotopic (exact) mass is 284 g/mol. The Balaban J connectivity index is 2.16. The van der Waals surface area contributed by atoms with Crippen molar-refractivity contribution in [1.82, 2.24) is 0 Å². The zero-order valence-corrected chi connectivity index (χ0v) is 12.6. The molecule has 100 valence electrons. The molecule has 2 nitrogen and oxygen atoms in total. The van der Waals surface area contributed by atoms with Gasteiger partial charge in [-0.15, -0.1) is 11.8 Å². The predicted molar refractivity (Wildman–Crippen MR) is 78.9 cm³/mol. The first-order valence-corrected chi connectivity index (χ1v) is 8.52. The Morgan fingerprint density at radius 2 is 2.11 bits per heavy atom. The lowest BCUT2D eigenvalue weighted by atomic mass is 10.0. The molecule has 0 bridgehead atoms. The molecule has 1 heterocycles. The first kappa shape index (κ1) is 14.1. The normalized spacial score (nSPS) is 28.5. The summed E-state index contributed by atoms with van der Waals surface area (Å²) in [5, 5.41) is 0.476. The molecule has 0 saturated carbocycles. The first-order chi connectivity index (χ1) is 8.60. The van der Waals surface area contributed by atoms with Crippen LogP contribution in [0.25, 0.3) is 0 Å². The van der Waals surface area contributed by atoms with Crippen LogP contribution in [-0.4, -0.2) is 20.1 Å². The van der Waals surface area contributed by atoms with E-state index >= 15 is 0 Å². The summed E-state index contributed by atoms with van der Waals surface area (Å²) in [4.78, 5) is -0.307. The number of benzene rings is 1. The van der Waals surface area contributed by atoms with Crippen LogP contribution in [0.1, 0.15) is 32.3 Å². The number of rotatable bonds is 4. The molecule has 0 radical (unpaired) electrons. The lowest BCUT2D eigenvalue weighted by molar-refractivity contribution is 0.162. The molecule has 1 saturated heterocycles. The summed E-state index contributed by atoms with van der Waals surface area (Å²) in [6, 6.07) is 10.3. The predicted octanol–water partition coefficient (Wildman–Crippen LogP) is 3.54. The van der Waals surface area contributed by atoms with E-state index in [2.05, 4.69) is 26.0 Å². The highest BCUT2D eigenvalue weighted by atomic mass is 32.2. The van der Waals surface area contributed by atoms with Gasteiger partial charge in [0.1, 0.15) is 4.93 Å². The van der Waals surface area contributed by atoms with Crippen LogP contribution in [0.4, 0.5) is 0 Å². The maximum absolute atomic E-state index is 11.7. The molecule has 1 aliphatic rings. The number of hydrogen-bond acceptors (Lipinski definition) is 3. The second-order valence-electron chi connectivity index (χ2n) is 4.93. The van der Waals surface area contributed by atoms with Gasteiger partial charge in [-0.25, -0.2) is 4.21 Å². The van der Waals surface area contributed by atoms with Gasteiger partial charge in [-0.05, 0) is 18.4 Å². The zero-order chi connectivity index (χ0) is 13.0. The van der Waals surface area contributed by atoms with Crippen LogP contribution in [0.2, 0.25) is 0 Å². The van der Waals surface area contributed by atoms with Crippen LogP contribution in [-0.2, 0) is 21.7 Å². The summed E-state index contributed by atoms with van der Waals surface area (Å²) in [5.41, 5.74) is 1.25. The Morgan fingerprint density at radius 1 is 1.39 bits per heavy atom. The average molecular weight is 284 g/mol. The fourth-order valence-corrected chi connectivity index (χ4v) is 4.99. The topological polar surface area (TPSA) is 26.3 Å². The third kappa shape index (κ3) is 3.84. The van der Waals surface area contributed by atoms with Crippen LogP contribution in [0.15, 0.2) is 30.3 Å². The summed E-state index contributed by atoms with van der Waals surface area (Å²) in [5.74, 6) is 0.676. The van der Waals surface area contributed by atoms with E-state index in [9.17, 15) is 4.21 Å². The van der Waals surface area contributed by atoms with Crippen molar-refractivity contribution in [3.63, 3.8) is 0 Å². The zero-order valence-electron chi connectivity index (χ0n) is 10.9. The molecule has 2 atom stereocenters. The lowest BCUT2D eigenvalue weighted by Crippen LogP contribution is -2.38. The fraction of sp³-hybridized carbons (Fsp3) is 0.571. The molecular weight excluding hydrogens is 264 g/mol. The molecule has 0 aliphatic carbocycles. The van der Waals surface area contributed by atoms with Crippen LogP contribution in [0.5, 0.6) is 0 Å². The summed E-state index contributed by atoms with van der Waals surface area (Å²) in [6.45, 7) is 4.33. The minimum atomic E-state index is -1.12. The minimum absolute atomic E-state index is 0.307. The summed E-state index contributed by atoms with van der Waals surface area (Å²) in [6.07, 6.45) is 2.80. The van der Waals surface area contributed by atoms with Crippen molar-refractivity contribution in [3.05, 3.63) is 35.9 Å². The third-order valence-electron chi connectivity index (χ3n) is 2.88. The van der Waals surface area contributed by atoms with Gasteiger partial charge >= 0.3 is 0 Å². The average Bonchev–Trinajstić information content (AvgIpc) is 2.28. The van der Waals surface area contributed by atoms with E-state index in [0.29, 0.717) is 11.0 Å². The summed E-state index contributed by atoms with van der Waals surface area (Å²) < 4.78 is 17.5. The van der Waals surface area contributed by atoms with Gasteiger partial charge in [0.15, 0.2) is 11.1 Å². The molecule has 0 amide bonds. The van der Waals surface area contributed by atoms with E-state index in [-0.39, 0.29) is 4.93 Å². The van der Waals surface area contributed by atoms with Gasteiger partial charge < -0.3 is 0 Å². The van der Waals surface area contributed by atoms with Crippen LogP contribution in [0, 0.1) is 0 Å². The van der Waals surface area contributed by atoms with E-state index in [1.807, 2.05) is 18.2 Å². The van der Waals surface area contributed by atoms with Gasteiger partial charge in [0, 0.05) is 17.4 Å². The van der Waals surface area contributed by atoms with Gasteiger partial charge in [-0.2, -0.15) is 0 Å². The van der Waals surface area contributed by atoms with Crippen LogP contribution >= 0.6 is 11.8 Å². The van der Waals surface area contributed by atoms with Gasteiger partial charge in [0.05, 0.1) is 0 Å². The van der Waals surface area contributed by atoms with Crippen molar-refractivity contribution in [2.75, 3.05) is 5.75 Å². The molecular formula is C14H20O2S2. The molecule has 1 fully saturated rings. The molecule has 1 aromatic carbocycles. The molecule has 4 heteroatoms. The van der Waals surface area contributed by atoms with Crippen molar-refractivity contribution in [2.45, 2.75) is 43.3 Å². The maximum atomic E-state index is 11.7. The first-order valence-electron chi connectivity index (χ1n) is 6.39. The Hall–Kier alpha value is -0.320. The largest absolute Gasteiger partial charge is 0.272 e. The van der Waals surface area contributed by atoms with E-state index in [1.54, 1.807) is 11.8 Å². The fourth-order valence-electron chi connectivity index (χ4n) is 2.29. The van der Waals surface area contributed by atoms with E-state index < -0.39 is 11.1 Å². The SMILES string of the molecule is CC(C)SC1(Cc2ccccc2)CCCS(=O)O1. The van der Waals surface area contributed by atoms with E-state index in [0.717, 1.165) is 19.3 Å². The molecule has 2 unspecified atom stereocenters. The van der Waals surface area contributed by atoms with Crippen LogP contribution < -0.4 is 0 Å². The van der Waals surface area contributed by atoms with E-state index in [4.69, 9.17) is 4.18 Å². The van der Waals surface area contributed by atoms with Crippen molar-refractivity contribution in [1.29, 1.82) is 0 Å². The number of hydrogen-bond donors (Lipinski definition) is 0. The highest BCUT2D eigenvalue weighted by Gasteiger charge is 2.38. The molecule has 1 aromatic rings. The Kier molecular flexibility index (Phi) is 4.87. The number of thioether (sulfide) groups is 1. The van der Waals surface area contributed by atoms with Crippen molar-refractivity contribution >= 4 is 22.8 Å². The molecule has 0 N–H and O–H groups in total. The summed E-state index contributed by atoms with van der Waals surface area (Å²) >= 11 is 0.686. The smallest absolute Gasteiger partial charge is 0.156 e. The van der Waals surface area contributed by atoms with Crippen LogP contribution in [0.3, 0.4) is 0 Å². The Labute approximate surface area is 116 Å². The second-order valence-corrected chi connectivity index (χ2v) is 8.04. The Morgan fingerprint density at radius 3 is 2.72 bits per heavy atom. The maximum Gasteiger partial charge on any atom is 0.156 e. The van der Waals surface area contributed by atoms with Gasteiger partial charge in [-0.1, -0.05) is 44.2 Å². The highest BCUT2D eigenvalue weighted by molar-refractivity contribution is 8.01. The van der Waals surface area contributed by atoms with Gasteiger partial charge in [-0.3, -0.25) is 4.18 Å².